The van der Waals surface area contributed by atoms with Crippen LogP contribution in [0.3, 0.4) is 0 Å². The minimum Gasteiger partial charge on any atom is -0.472 e. The molecule has 0 amide bonds. The molecule has 1 unspecified atom stereocenters. The van der Waals surface area contributed by atoms with Crippen molar-refractivity contribution in [2.24, 2.45) is 0 Å². The predicted molar refractivity (Wildman–Crippen MR) is 245 cm³/mol. The normalized spacial score (nSPS) is 18.7. The summed E-state index contributed by atoms with van der Waals surface area (Å²) in [4.78, 5) is 2.36. The molecule has 2 heterocycles. The number of nitrogens with zero attached hydrogens (tertiary/aromatic N) is 1. The first-order chi connectivity index (χ1) is 30.3. The zero-order chi connectivity index (χ0) is 41.8. The third-order valence-corrected chi connectivity index (χ3v) is 14.1. The molecule has 12 rings (SSSR count). The van der Waals surface area contributed by atoms with Gasteiger partial charge in [-0.2, -0.15) is 0 Å². The van der Waals surface area contributed by atoms with Crippen LogP contribution in [0, 0.1) is 11.6 Å². The summed E-state index contributed by atoms with van der Waals surface area (Å²) in [5.41, 5.74) is 12.7. The highest BCUT2D eigenvalue weighted by Crippen LogP contribution is 2.60. The Labute approximate surface area is 360 Å². The van der Waals surface area contributed by atoms with E-state index >= 15 is 8.78 Å². The molecule has 1 fully saturated rings. The Bertz CT molecular complexity index is 3090. The van der Waals surface area contributed by atoms with Crippen LogP contribution in [0.1, 0.15) is 63.9 Å². The fraction of sp³-hybridized carbons (Fsp3) is 0.158. The van der Waals surface area contributed by atoms with Gasteiger partial charge < -0.3 is 14.4 Å². The van der Waals surface area contributed by atoms with E-state index in [0.29, 0.717) is 24.3 Å². The van der Waals surface area contributed by atoms with Crippen molar-refractivity contribution >= 4 is 22.5 Å². The van der Waals surface area contributed by atoms with Gasteiger partial charge in [-0.25, -0.2) is 8.78 Å². The number of hydrogen-bond acceptors (Lipinski definition) is 3. The zero-order valence-electron chi connectivity index (χ0n) is 34.6. The van der Waals surface area contributed by atoms with E-state index in [1.807, 2.05) is 12.1 Å². The summed E-state index contributed by atoms with van der Waals surface area (Å²) in [6, 6.07) is 56.0. The van der Waals surface area contributed by atoms with Crippen molar-refractivity contribution in [3.63, 3.8) is 0 Å². The van der Waals surface area contributed by atoms with Crippen LogP contribution in [0.4, 0.5) is 14.5 Å². The summed E-state index contributed by atoms with van der Waals surface area (Å²) >= 11 is 0. The molecule has 0 radical (unpaired) electrons. The second-order valence-electron chi connectivity index (χ2n) is 17.6. The van der Waals surface area contributed by atoms with Crippen molar-refractivity contribution in [3.05, 3.63) is 232 Å². The highest BCUT2D eigenvalue weighted by molar-refractivity contribution is 6.08. The van der Waals surface area contributed by atoms with Crippen LogP contribution in [0.2, 0.25) is 0 Å². The molecule has 302 valence electrons. The average molecular weight is 812 g/mol. The van der Waals surface area contributed by atoms with Gasteiger partial charge in [0, 0.05) is 46.3 Å². The minimum absolute atomic E-state index is 0.277. The van der Waals surface area contributed by atoms with Crippen LogP contribution >= 0.6 is 0 Å². The molecule has 1 saturated heterocycles. The molecule has 0 bridgehead atoms. The fourth-order valence-electron chi connectivity index (χ4n) is 11.3. The van der Waals surface area contributed by atoms with Gasteiger partial charge in [-0.15, -0.1) is 0 Å². The second-order valence-corrected chi connectivity index (χ2v) is 17.6. The van der Waals surface area contributed by atoms with Crippen LogP contribution in [0.15, 0.2) is 170 Å². The van der Waals surface area contributed by atoms with Crippen molar-refractivity contribution in [1.29, 1.82) is 0 Å². The first-order valence-electron chi connectivity index (χ1n) is 21.6. The standard InChI is InChI=1S/C57H43F2NO2/c1-55(2)50-35-41(59)21-26-46(50)52-45-25-20-40(58)34-48(45)54-47(53(52)55)27-28-56(62-54,36-17-22-42(23-18-36)60-29-31-61-32-30-60)39-19-24-44-43-15-9-10-16-49(43)57(51(44)33-39,37-11-5-3-6-12-37)38-13-7-4-8-14-38/h3-28,33-35H,29-32H2,1-2H3. The molecule has 1 atom stereocenters. The molecule has 4 aliphatic rings. The van der Waals surface area contributed by atoms with Crippen molar-refractivity contribution < 1.29 is 18.3 Å². The molecule has 0 saturated carbocycles. The maximum Gasteiger partial charge on any atom is 0.178 e. The Morgan fingerprint density at radius 1 is 0.532 bits per heavy atom. The summed E-state index contributed by atoms with van der Waals surface area (Å²) in [5, 5.41) is 1.56. The average Bonchev–Trinajstić information content (AvgIpc) is 3.75. The van der Waals surface area contributed by atoms with Crippen molar-refractivity contribution in [2.75, 3.05) is 31.2 Å². The molecule has 2 aliphatic carbocycles. The lowest BCUT2D eigenvalue weighted by molar-refractivity contribution is 0.122. The van der Waals surface area contributed by atoms with Gasteiger partial charge in [0.1, 0.15) is 17.4 Å². The Morgan fingerprint density at radius 2 is 1.16 bits per heavy atom. The Hall–Kier alpha value is -6.82. The minimum atomic E-state index is -1.13. The smallest absolute Gasteiger partial charge is 0.178 e. The number of benzene rings is 8. The lowest BCUT2D eigenvalue weighted by Crippen LogP contribution is -2.37. The monoisotopic (exact) mass is 811 g/mol. The number of hydrogen-bond donors (Lipinski definition) is 0. The SMILES string of the molecule is CC1(C)c2cc(F)ccc2-c2c1c1c(c3cc(F)ccc23)OC(c2ccc(N3CCOCC3)cc2)(c2ccc3c(c2)C(c2ccccc2)(c2ccccc2)c2ccccc2-3)C=C1. The number of anilines is 1. The molecule has 0 spiro atoms. The molecule has 8 aromatic carbocycles. The number of ether oxygens (including phenoxy) is 2. The number of morpholine rings is 1. The maximum atomic E-state index is 15.7. The van der Waals surface area contributed by atoms with Crippen LogP contribution in [-0.2, 0) is 21.2 Å². The van der Waals surface area contributed by atoms with Crippen molar-refractivity contribution in [2.45, 2.75) is 30.3 Å². The lowest BCUT2D eigenvalue weighted by Gasteiger charge is -2.40. The summed E-state index contributed by atoms with van der Waals surface area (Å²) < 4.78 is 44.1. The van der Waals surface area contributed by atoms with Gasteiger partial charge >= 0.3 is 0 Å². The van der Waals surface area contributed by atoms with E-state index in [1.165, 1.54) is 45.5 Å². The van der Waals surface area contributed by atoms with Gasteiger partial charge in [-0.3, -0.25) is 0 Å². The fourth-order valence-corrected chi connectivity index (χ4v) is 11.3. The van der Waals surface area contributed by atoms with E-state index in [0.717, 1.165) is 63.1 Å². The maximum absolute atomic E-state index is 15.7. The zero-order valence-corrected chi connectivity index (χ0v) is 34.6. The van der Waals surface area contributed by atoms with E-state index < -0.39 is 16.4 Å². The number of halogens is 2. The van der Waals surface area contributed by atoms with Crippen molar-refractivity contribution in [3.8, 4) is 28.0 Å². The summed E-state index contributed by atoms with van der Waals surface area (Å²) in [6.07, 6.45) is 4.38. The second kappa shape index (κ2) is 13.6. The molecule has 0 aromatic heterocycles. The largest absolute Gasteiger partial charge is 0.472 e. The van der Waals surface area contributed by atoms with E-state index in [-0.39, 0.29) is 11.6 Å². The van der Waals surface area contributed by atoms with Gasteiger partial charge in [0.15, 0.2) is 5.60 Å². The first-order valence-corrected chi connectivity index (χ1v) is 21.6. The van der Waals surface area contributed by atoms with Gasteiger partial charge in [-0.1, -0.05) is 141 Å². The van der Waals surface area contributed by atoms with Gasteiger partial charge in [0.2, 0.25) is 0 Å². The van der Waals surface area contributed by atoms with E-state index in [9.17, 15) is 0 Å². The van der Waals surface area contributed by atoms with Crippen LogP contribution in [0.5, 0.6) is 5.75 Å². The van der Waals surface area contributed by atoms with Gasteiger partial charge in [-0.05, 0) is 110 Å². The van der Waals surface area contributed by atoms with E-state index in [4.69, 9.17) is 9.47 Å². The quantitative estimate of drug-likeness (QED) is 0.173. The molecule has 2 aliphatic heterocycles. The molecule has 0 N–H and O–H groups in total. The first kappa shape index (κ1) is 37.0. The lowest BCUT2D eigenvalue weighted by atomic mass is 9.67. The third-order valence-electron chi connectivity index (χ3n) is 14.1. The van der Waals surface area contributed by atoms with Crippen LogP contribution < -0.4 is 9.64 Å². The van der Waals surface area contributed by atoms with Crippen LogP contribution in [-0.4, -0.2) is 26.3 Å². The summed E-state index contributed by atoms with van der Waals surface area (Å²) in [6.45, 7) is 7.33. The summed E-state index contributed by atoms with van der Waals surface area (Å²) in [5.74, 6) is -0.0118. The molecular weight excluding hydrogens is 769 g/mol. The van der Waals surface area contributed by atoms with Gasteiger partial charge in [0.25, 0.3) is 0 Å². The summed E-state index contributed by atoms with van der Waals surface area (Å²) in [7, 11) is 0. The van der Waals surface area contributed by atoms with Crippen LogP contribution in [0.25, 0.3) is 39.1 Å². The third kappa shape index (κ3) is 5.12. The Morgan fingerprint density at radius 3 is 1.90 bits per heavy atom. The molecule has 8 aromatic rings. The predicted octanol–water partition coefficient (Wildman–Crippen LogP) is 13.0. The number of fused-ring (bicyclic) bond motifs is 11. The number of rotatable bonds is 5. The Kier molecular flexibility index (Phi) is 8.11. The molecule has 3 nitrogen and oxygen atoms in total. The molecule has 62 heavy (non-hydrogen) atoms. The van der Waals surface area contributed by atoms with Crippen molar-refractivity contribution in [1.82, 2.24) is 0 Å². The van der Waals surface area contributed by atoms with E-state index in [2.05, 4.69) is 158 Å². The highest BCUT2D eigenvalue weighted by atomic mass is 19.1. The molecular formula is C57H43F2NO2. The Balaban J connectivity index is 1.13. The topological polar surface area (TPSA) is 21.7 Å². The van der Waals surface area contributed by atoms with Gasteiger partial charge in [0.05, 0.1) is 18.6 Å². The molecule has 5 heteroatoms. The van der Waals surface area contributed by atoms with E-state index in [1.54, 1.807) is 12.1 Å². The highest BCUT2D eigenvalue weighted by Gasteiger charge is 2.49.